The minimum atomic E-state index is -0.931. The Morgan fingerprint density at radius 1 is 1.21 bits per heavy atom. The van der Waals surface area contributed by atoms with Gasteiger partial charge in [0.05, 0.1) is 20.3 Å². The second-order valence-corrected chi connectivity index (χ2v) is 6.71. The monoisotopic (exact) mass is 411 g/mol. The summed E-state index contributed by atoms with van der Waals surface area (Å²) in [6, 6.07) is 8.68. The van der Waals surface area contributed by atoms with E-state index in [4.69, 9.17) is 23.7 Å². The van der Waals surface area contributed by atoms with Crippen molar-refractivity contribution in [1.82, 2.24) is 5.32 Å². The number of benzene rings is 1. The normalized spacial score (nSPS) is 27.8. The van der Waals surface area contributed by atoms with Crippen LogP contribution in [-0.4, -0.2) is 74.6 Å². The highest BCUT2D eigenvalue weighted by molar-refractivity contribution is 5.74. The minimum Gasteiger partial charge on any atom is -0.467 e. The Kier molecular flexibility index (Phi) is 8.99. The molecule has 0 saturated carbocycles. The zero-order chi connectivity index (χ0) is 21.4. The van der Waals surface area contributed by atoms with Crippen LogP contribution in [0, 0.1) is 0 Å². The van der Waals surface area contributed by atoms with Gasteiger partial charge in [-0.2, -0.15) is 0 Å². The van der Waals surface area contributed by atoms with Crippen LogP contribution in [0.2, 0.25) is 0 Å². The third kappa shape index (κ3) is 6.22. The first-order valence-corrected chi connectivity index (χ1v) is 9.36. The molecule has 1 aliphatic rings. The van der Waals surface area contributed by atoms with E-state index in [1.54, 1.807) is 0 Å². The summed E-state index contributed by atoms with van der Waals surface area (Å²) in [4.78, 5) is 23.7. The van der Waals surface area contributed by atoms with Gasteiger partial charge < -0.3 is 34.1 Å². The van der Waals surface area contributed by atoms with E-state index < -0.39 is 42.7 Å². The number of carbonyl (C=O) groups is 2. The number of rotatable bonds is 9. The lowest BCUT2D eigenvalue weighted by Crippen LogP contribution is -2.66. The summed E-state index contributed by atoms with van der Waals surface area (Å²) in [7, 11) is 2.68. The number of carbonyl (C=O) groups excluding carboxylic acids is 2. The number of aliphatic hydroxyl groups is 1. The number of methoxy groups -OCH3 is 2. The van der Waals surface area contributed by atoms with Gasteiger partial charge in [-0.05, 0) is 12.5 Å². The molecule has 1 fully saturated rings. The number of amides is 1. The molecule has 1 aliphatic heterocycles. The molecule has 2 rings (SSSR count). The van der Waals surface area contributed by atoms with Crippen LogP contribution in [-0.2, 0) is 39.9 Å². The number of aliphatic hydroxyl groups excluding tert-OH is 1. The van der Waals surface area contributed by atoms with Gasteiger partial charge in [0.25, 0.3) is 0 Å². The van der Waals surface area contributed by atoms with Gasteiger partial charge in [-0.15, -0.1) is 0 Å². The van der Waals surface area contributed by atoms with Crippen molar-refractivity contribution in [3.05, 3.63) is 35.9 Å². The molecule has 9 nitrogen and oxygen atoms in total. The van der Waals surface area contributed by atoms with Gasteiger partial charge in [0.2, 0.25) is 5.91 Å². The molecule has 0 unspecified atom stereocenters. The topological polar surface area (TPSA) is 113 Å². The van der Waals surface area contributed by atoms with Crippen molar-refractivity contribution in [2.24, 2.45) is 0 Å². The van der Waals surface area contributed by atoms with Crippen molar-refractivity contribution in [1.29, 1.82) is 0 Å². The molecule has 1 aromatic rings. The lowest BCUT2D eigenvalue weighted by Gasteiger charge is -2.46. The molecule has 0 aromatic heterocycles. The van der Waals surface area contributed by atoms with E-state index in [0.29, 0.717) is 0 Å². The average Bonchev–Trinajstić information content (AvgIpc) is 2.73. The maximum atomic E-state index is 11.9. The van der Waals surface area contributed by atoms with Crippen LogP contribution in [0.5, 0.6) is 0 Å². The molecule has 1 heterocycles. The molecule has 0 radical (unpaired) electrons. The highest BCUT2D eigenvalue weighted by Crippen LogP contribution is 2.28. The minimum absolute atomic E-state index is 0.224. The summed E-state index contributed by atoms with van der Waals surface area (Å²) in [5, 5.41) is 12.6. The predicted molar refractivity (Wildman–Crippen MR) is 102 cm³/mol. The molecule has 6 atom stereocenters. The third-order valence-electron chi connectivity index (χ3n) is 4.61. The van der Waals surface area contributed by atoms with Crippen molar-refractivity contribution in [2.75, 3.05) is 20.8 Å². The van der Waals surface area contributed by atoms with Crippen molar-refractivity contribution in [3.63, 3.8) is 0 Å². The molecule has 0 spiro atoms. The van der Waals surface area contributed by atoms with Crippen LogP contribution in [0.25, 0.3) is 0 Å². The molecule has 9 heteroatoms. The number of hydrogen-bond donors (Lipinski definition) is 2. The Balaban J connectivity index is 2.30. The highest BCUT2D eigenvalue weighted by atomic mass is 16.7. The van der Waals surface area contributed by atoms with Gasteiger partial charge >= 0.3 is 5.97 Å². The van der Waals surface area contributed by atoms with E-state index in [-0.39, 0.29) is 19.1 Å². The van der Waals surface area contributed by atoms with E-state index in [1.165, 1.54) is 28.1 Å². The highest BCUT2D eigenvalue weighted by Gasteiger charge is 2.49. The molecule has 1 amide bonds. The molecule has 0 aliphatic carbocycles. The Morgan fingerprint density at radius 3 is 2.45 bits per heavy atom. The van der Waals surface area contributed by atoms with E-state index in [0.717, 1.165) is 5.56 Å². The van der Waals surface area contributed by atoms with Gasteiger partial charge in [0.1, 0.15) is 24.4 Å². The number of hydrogen-bond acceptors (Lipinski definition) is 8. The van der Waals surface area contributed by atoms with Crippen LogP contribution in [0.3, 0.4) is 0 Å². The van der Waals surface area contributed by atoms with Gasteiger partial charge in [-0.25, -0.2) is 4.79 Å². The SMILES string of the molecule is COC(=O)[C@@H](C)O[C@@H]1[C@@H](NC(C)=O)[C@H](OC)O[C@H](CO)[C@H]1OCc1ccccc1. The Morgan fingerprint density at radius 2 is 1.90 bits per heavy atom. The van der Waals surface area contributed by atoms with Crippen molar-refractivity contribution in [2.45, 2.75) is 57.2 Å². The quantitative estimate of drug-likeness (QED) is 0.561. The third-order valence-corrected chi connectivity index (χ3v) is 4.61. The summed E-state index contributed by atoms with van der Waals surface area (Å²) in [6.07, 6.45) is -4.24. The van der Waals surface area contributed by atoms with Gasteiger partial charge in [0, 0.05) is 14.0 Å². The van der Waals surface area contributed by atoms with Crippen LogP contribution < -0.4 is 5.32 Å². The number of esters is 1. The van der Waals surface area contributed by atoms with Gasteiger partial charge in [-0.3, -0.25) is 4.79 Å². The molecule has 29 heavy (non-hydrogen) atoms. The van der Waals surface area contributed by atoms with E-state index in [9.17, 15) is 14.7 Å². The van der Waals surface area contributed by atoms with Crippen molar-refractivity contribution >= 4 is 11.9 Å². The van der Waals surface area contributed by atoms with Crippen LogP contribution in [0.4, 0.5) is 0 Å². The fraction of sp³-hybridized carbons (Fsp3) is 0.600. The molecule has 2 N–H and O–H groups in total. The van der Waals surface area contributed by atoms with Crippen LogP contribution in [0.1, 0.15) is 19.4 Å². The van der Waals surface area contributed by atoms with Crippen LogP contribution >= 0.6 is 0 Å². The lowest BCUT2D eigenvalue weighted by atomic mass is 9.95. The fourth-order valence-electron chi connectivity index (χ4n) is 3.23. The largest absolute Gasteiger partial charge is 0.467 e. The lowest BCUT2D eigenvalue weighted by molar-refractivity contribution is -0.284. The molecule has 0 bridgehead atoms. The molecular formula is C20H29NO8. The summed E-state index contributed by atoms with van der Waals surface area (Å²) >= 11 is 0. The second kappa shape index (κ2) is 11.2. The first-order chi connectivity index (χ1) is 13.9. The zero-order valence-corrected chi connectivity index (χ0v) is 17.1. The number of nitrogens with one attached hydrogen (secondary N) is 1. The van der Waals surface area contributed by atoms with E-state index >= 15 is 0 Å². The standard InChI is InChI=1S/C20H29NO8/c1-12(19(24)25-3)28-18-16(21-13(2)23)20(26-4)29-15(10-22)17(18)27-11-14-8-6-5-7-9-14/h5-9,12,15-18,20,22H,10-11H2,1-4H3,(H,21,23)/t12-,15-,16-,17-,18-,20-/m1/s1. The molecular weight excluding hydrogens is 382 g/mol. The second-order valence-electron chi connectivity index (χ2n) is 6.71. The molecule has 1 aromatic carbocycles. The Hall–Kier alpha value is -2.04. The van der Waals surface area contributed by atoms with Crippen LogP contribution in [0.15, 0.2) is 30.3 Å². The predicted octanol–water partition coefficient (Wildman–Crippen LogP) is 0.387. The van der Waals surface area contributed by atoms with Gasteiger partial charge in [0.15, 0.2) is 12.4 Å². The smallest absolute Gasteiger partial charge is 0.334 e. The summed E-state index contributed by atoms with van der Waals surface area (Å²) < 4.78 is 27.8. The summed E-state index contributed by atoms with van der Waals surface area (Å²) in [5.74, 6) is -0.904. The number of ether oxygens (including phenoxy) is 5. The first-order valence-electron chi connectivity index (χ1n) is 9.36. The van der Waals surface area contributed by atoms with E-state index in [2.05, 4.69) is 5.32 Å². The summed E-state index contributed by atoms with van der Waals surface area (Å²) in [5.41, 5.74) is 0.911. The summed E-state index contributed by atoms with van der Waals surface area (Å²) in [6.45, 7) is 2.75. The molecule has 162 valence electrons. The van der Waals surface area contributed by atoms with Crippen molar-refractivity contribution < 1.29 is 38.4 Å². The zero-order valence-electron chi connectivity index (χ0n) is 17.1. The maximum Gasteiger partial charge on any atom is 0.334 e. The first kappa shape index (κ1) is 23.2. The van der Waals surface area contributed by atoms with Crippen molar-refractivity contribution in [3.8, 4) is 0 Å². The maximum absolute atomic E-state index is 11.9. The fourth-order valence-corrected chi connectivity index (χ4v) is 3.23. The van der Waals surface area contributed by atoms with Gasteiger partial charge in [-0.1, -0.05) is 30.3 Å². The Bertz CT molecular complexity index is 655. The average molecular weight is 411 g/mol. The Labute approximate surface area is 170 Å². The van der Waals surface area contributed by atoms with E-state index in [1.807, 2.05) is 30.3 Å². The molecule has 1 saturated heterocycles.